The molecule has 8 nitrogen and oxygen atoms in total. The van der Waals surface area contributed by atoms with Crippen molar-refractivity contribution in [1.82, 2.24) is 25.4 Å². The van der Waals surface area contributed by atoms with Gasteiger partial charge in [0.2, 0.25) is 0 Å². The van der Waals surface area contributed by atoms with Crippen molar-refractivity contribution in [1.29, 1.82) is 0 Å². The third kappa shape index (κ3) is 3.61. The number of fused-ring (bicyclic) bond motifs is 1. The van der Waals surface area contributed by atoms with E-state index >= 15 is 0 Å². The van der Waals surface area contributed by atoms with E-state index in [9.17, 15) is 14.7 Å². The van der Waals surface area contributed by atoms with Gasteiger partial charge in [0, 0.05) is 16.8 Å². The molecule has 4 rings (SSSR count). The first-order valence-corrected chi connectivity index (χ1v) is 8.90. The first-order chi connectivity index (χ1) is 14.0. The zero-order valence-electron chi connectivity index (χ0n) is 14.8. The van der Waals surface area contributed by atoms with E-state index in [4.69, 9.17) is 11.6 Å². The summed E-state index contributed by atoms with van der Waals surface area (Å²) in [4.78, 5) is 29.0. The maximum absolute atomic E-state index is 12.5. The molecule has 0 spiro atoms. The molecule has 0 aliphatic heterocycles. The number of aromatic hydroxyl groups is 1. The van der Waals surface area contributed by atoms with E-state index in [-0.39, 0.29) is 21.9 Å². The van der Waals surface area contributed by atoms with Crippen molar-refractivity contribution in [3.05, 3.63) is 83.1 Å². The number of benzene rings is 2. The van der Waals surface area contributed by atoms with Gasteiger partial charge in [0.05, 0.1) is 17.5 Å². The summed E-state index contributed by atoms with van der Waals surface area (Å²) in [7, 11) is 0. The molecule has 0 fully saturated rings. The lowest BCUT2D eigenvalue weighted by molar-refractivity contribution is 0.0845. The van der Waals surface area contributed by atoms with Gasteiger partial charge in [0.15, 0.2) is 5.65 Å². The van der Waals surface area contributed by atoms with Crippen molar-refractivity contribution < 1.29 is 14.7 Å². The van der Waals surface area contributed by atoms with Crippen LogP contribution in [0.4, 0.5) is 0 Å². The van der Waals surface area contributed by atoms with Crippen LogP contribution in [0.1, 0.15) is 20.7 Å². The van der Waals surface area contributed by atoms with Crippen LogP contribution in [0.15, 0.2) is 67.0 Å². The summed E-state index contributed by atoms with van der Waals surface area (Å²) in [5.74, 6) is -1.58. The van der Waals surface area contributed by atoms with Crippen LogP contribution in [0.5, 0.6) is 5.75 Å². The first kappa shape index (κ1) is 18.5. The fourth-order valence-electron chi connectivity index (χ4n) is 2.82. The van der Waals surface area contributed by atoms with Crippen molar-refractivity contribution in [3.63, 3.8) is 0 Å². The van der Waals surface area contributed by atoms with Crippen molar-refractivity contribution in [2.45, 2.75) is 0 Å². The number of aromatic nitrogens is 3. The molecule has 0 bridgehead atoms. The van der Waals surface area contributed by atoms with Crippen molar-refractivity contribution in [2.24, 2.45) is 0 Å². The topological polar surface area (TPSA) is 109 Å². The molecule has 0 aliphatic rings. The third-order valence-corrected chi connectivity index (χ3v) is 4.44. The zero-order valence-corrected chi connectivity index (χ0v) is 15.6. The number of nitrogens with zero attached hydrogens (tertiary/aromatic N) is 3. The monoisotopic (exact) mass is 407 g/mol. The van der Waals surface area contributed by atoms with Gasteiger partial charge < -0.3 is 5.11 Å². The van der Waals surface area contributed by atoms with Crippen LogP contribution in [0.25, 0.3) is 16.9 Å². The highest BCUT2D eigenvalue weighted by molar-refractivity contribution is 6.31. The summed E-state index contributed by atoms with van der Waals surface area (Å²) < 4.78 is 1.55. The summed E-state index contributed by atoms with van der Waals surface area (Å²) in [6.45, 7) is 0. The number of nitrogens with one attached hydrogen (secondary N) is 2. The minimum Gasteiger partial charge on any atom is -0.507 e. The molecule has 2 aromatic carbocycles. The Morgan fingerprint density at radius 2 is 1.69 bits per heavy atom. The number of carbonyl (C=O) groups is 2. The van der Waals surface area contributed by atoms with Crippen LogP contribution in [-0.2, 0) is 0 Å². The van der Waals surface area contributed by atoms with E-state index in [1.54, 1.807) is 16.8 Å². The Kier molecular flexibility index (Phi) is 4.84. The van der Waals surface area contributed by atoms with Gasteiger partial charge >= 0.3 is 0 Å². The predicted octanol–water partition coefficient (Wildman–Crippen LogP) is 2.83. The molecule has 0 saturated carbocycles. The van der Waals surface area contributed by atoms with Crippen molar-refractivity contribution >= 4 is 29.1 Å². The van der Waals surface area contributed by atoms with Gasteiger partial charge in [-0.15, -0.1) is 0 Å². The van der Waals surface area contributed by atoms with Crippen LogP contribution in [0.3, 0.4) is 0 Å². The average molecular weight is 408 g/mol. The summed E-state index contributed by atoms with van der Waals surface area (Å²) in [6, 6.07) is 15.4. The minimum atomic E-state index is -0.715. The van der Waals surface area contributed by atoms with Gasteiger partial charge in [0.25, 0.3) is 11.8 Å². The second-order valence-electron chi connectivity index (χ2n) is 6.06. The molecular weight excluding hydrogens is 394 g/mol. The molecule has 4 aromatic rings. The summed E-state index contributed by atoms with van der Waals surface area (Å²) >= 11 is 5.84. The van der Waals surface area contributed by atoms with Crippen LogP contribution < -0.4 is 10.9 Å². The molecule has 0 saturated heterocycles. The molecule has 0 unspecified atom stereocenters. The molecule has 2 heterocycles. The predicted molar refractivity (Wildman–Crippen MR) is 106 cm³/mol. The quantitative estimate of drug-likeness (QED) is 0.452. The van der Waals surface area contributed by atoms with Crippen molar-refractivity contribution in [3.8, 4) is 17.0 Å². The van der Waals surface area contributed by atoms with E-state index in [2.05, 4.69) is 20.9 Å². The molecular formula is C20H14ClN5O3. The molecule has 3 N–H and O–H groups in total. The molecule has 0 aliphatic carbocycles. The maximum atomic E-state index is 12.5. The van der Waals surface area contributed by atoms with E-state index < -0.39 is 11.8 Å². The fraction of sp³-hybridized carbons (Fsp3) is 0. The van der Waals surface area contributed by atoms with Gasteiger partial charge in [-0.2, -0.15) is 5.10 Å². The molecule has 0 atom stereocenters. The highest BCUT2D eigenvalue weighted by atomic mass is 35.5. The van der Waals surface area contributed by atoms with Crippen LogP contribution in [-0.4, -0.2) is 31.5 Å². The lowest BCUT2D eigenvalue weighted by Gasteiger charge is -2.08. The van der Waals surface area contributed by atoms with Crippen LogP contribution in [0, 0.1) is 0 Å². The molecule has 2 amide bonds. The Morgan fingerprint density at radius 1 is 0.966 bits per heavy atom. The Bertz CT molecular complexity index is 1220. The first-order valence-electron chi connectivity index (χ1n) is 8.52. The van der Waals surface area contributed by atoms with Gasteiger partial charge in [-0.3, -0.25) is 20.4 Å². The SMILES string of the molecule is O=C(NNC(=O)c1cnn2c(-c3ccccc3)ccnc12)c1cc(Cl)ccc1O. The fourth-order valence-corrected chi connectivity index (χ4v) is 2.99. The number of hydrogen-bond acceptors (Lipinski definition) is 5. The number of carbonyl (C=O) groups excluding carboxylic acids is 2. The summed E-state index contributed by atoms with van der Waals surface area (Å²) in [5.41, 5.74) is 6.67. The normalized spacial score (nSPS) is 10.7. The number of rotatable bonds is 3. The second-order valence-corrected chi connectivity index (χ2v) is 6.50. The minimum absolute atomic E-state index is 0.0675. The number of halogens is 1. The van der Waals surface area contributed by atoms with E-state index in [0.717, 1.165) is 11.3 Å². The van der Waals surface area contributed by atoms with Crippen molar-refractivity contribution in [2.75, 3.05) is 0 Å². The third-order valence-electron chi connectivity index (χ3n) is 4.21. The number of hydrazine groups is 1. The smallest absolute Gasteiger partial charge is 0.275 e. The van der Waals surface area contributed by atoms with Gasteiger partial charge in [-0.25, -0.2) is 9.50 Å². The summed E-state index contributed by atoms with van der Waals surface area (Å²) in [5, 5.41) is 14.3. The molecule has 2 aromatic heterocycles. The van der Waals surface area contributed by atoms with Crippen LogP contribution in [0.2, 0.25) is 5.02 Å². The Balaban J connectivity index is 1.57. The molecule has 144 valence electrons. The molecule has 9 heteroatoms. The highest BCUT2D eigenvalue weighted by Gasteiger charge is 2.18. The number of phenolic OH excluding ortho intramolecular Hbond substituents is 1. The largest absolute Gasteiger partial charge is 0.507 e. The standard InChI is InChI=1S/C20H14ClN5O3/c21-13-6-7-17(27)14(10-13)19(28)24-25-20(29)15-11-23-26-16(8-9-22-18(15)26)12-4-2-1-3-5-12/h1-11,27H,(H,24,28)(H,25,29). The second kappa shape index (κ2) is 7.61. The van der Waals surface area contributed by atoms with Gasteiger partial charge in [-0.05, 0) is 24.3 Å². The summed E-state index contributed by atoms with van der Waals surface area (Å²) in [6.07, 6.45) is 2.95. The van der Waals surface area contributed by atoms with Crippen LogP contribution >= 0.6 is 11.6 Å². The maximum Gasteiger partial charge on any atom is 0.275 e. The zero-order chi connectivity index (χ0) is 20.4. The number of hydrogen-bond donors (Lipinski definition) is 3. The highest BCUT2D eigenvalue weighted by Crippen LogP contribution is 2.22. The lowest BCUT2D eigenvalue weighted by atomic mass is 10.1. The van der Waals surface area contributed by atoms with E-state index in [1.807, 2.05) is 30.3 Å². The van der Waals surface area contributed by atoms with Gasteiger partial charge in [-0.1, -0.05) is 41.9 Å². The number of amides is 2. The Hall–Kier alpha value is -3.91. The molecule has 29 heavy (non-hydrogen) atoms. The Morgan fingerprint density at radius 3 is 2.45 bits per heavy atom. The van der Waals surface area contributed by atoms with E-state index in [1.165, 1.54) is 24.4 Å². The Labute approximate surface area is 169 Å². The average Bonchev–Trinajstić information content (AvgIpc) is 3.18. The molecule has 0 radical (unpaired) electrons. The lowest BCUT2D eigenvalue weighted by Crippen LogP contribution is -2.41. The van der Waals surface area contributed by atoms with E-state index in [0.29, 0.717) is 5.65 Å². The number of phenols is 1. The van der Waals surface area contributed by atoms with Gasteiger partial charge in [0.1, 0.15) is 11.3 Å².